The number of benzene rings is 1. The second-order valence-corrected chi connectivity index (χ2v) is 7.38. The molecule has 0 aliphatic heterocycles. The Bertz CT molecular complexity index is 457. The van der Waals surface area contributed by atoms with Crippen molar-refractivity contribution < 1.29 is 4.79 Å². The number of nitrogens with zero attached hydrogens (tertiary/aromatic N) is 1. The van der Waals surface area contributed by atoms with Crippen LogP contribution in [0.2, 0.25) is 0 Å². The monoisotopic (exact) mass is 290 g/mol. The van der Waals surface area contributed by atoms with Gasteiger partial charge in [-0.05, 0) is 28.9 Å². The van der Waals surface area contributed by atoms with E-state index < -0.39 is 6.04 Å². The first-order valence-corrected chi connectivity index (χ1v) is 7.71. The summed E-state index contributed by atoms with van der Waals surface area (Å²) in [5.74, 6) is 0.451. The van der Waals surface area contributed by atoms with Gasteiger partial charge < -0.3 is 10.6 Å². The normalized spacial score (nSPS) is 13.3. The van der Waals surface area contributed by atoms with Crippen molar-refractivity contribution in [1.29, 1.82) is 0 Å². The third-order valence-electron chi connectivity index (χ3n) is 3.66. The van der Waals surface area contributed by atoms with Crippen LogP contribution in [0.4, 0.5) is 0 Å². The molecule has 0 saturated carbocycles. The van der Waals surface area contributed by atoms with E-state index in [1.807, 2.05) is 7.05 Å². The number of hydrogen-bond acceptors (Lipinski definition) is 2. The van der Waals surface area contributed by atoms with E-state index in [1.54, 1.807) is 4.90 Å². The fourth-order valence-electron chi connectivity index (χ4n) is 2.35. The zero-order valence-corrected chi connectivity index (χ0v) is 14.3. The molecule has 1 amide bonds. The van der Waals surface area contributed by atoms with E-state index in [0.29, 0.717) is 12.5 Å². The van der Waals surface area contributed by atoms with Crippen LogP contribution in [0.25, 0.3) is 0 Å². The minimum Gasteiger partial charge on any atom is -0.340 e. The predicted octanol–water partition coefficient (Wildman–Crippen LogP) is 3.32. The van der Waals surface area contributed by atoms with E-state index in [1.165, 1.54) is 5.56 Å². The quantitative estimate of drug-likeness (QED) is 0.904. The number of amides is 1. The Morgan fingerprint density at radius 2 is 1.71 bits per heavy atom. The lowest BCUT2D eigenvalue weighted by atomic mass is 9.87. The molecule has 3 heteroatoms. The van der Waals surface area contributed by atoms with E-state index in [0.717, 1.165) is 12.0 Å². The maximum absolute atomic E-state index is 12.2. The Balaban J connectivity index is 2.66. The molecule has 0 radical (unpaired) electrons. The predicted molar refractivity (Wildman–Crippen MR) is 89.0 cm³/mol. The van der Waals surface area contributed by atoms with E-state index in [4.69, 9.17) is 5.73 Å². The topological polar surface area (TPSA) is 46.3 Å². The molecule has 3 nitrogen and oxygen atoms in total. The first-order valence-electron chi connectivity index (χ1n) is 7.71. The SMILES string of the molecule is CC(C)C[C@H](N)C(=O)N(C)Cc1ccc(C(C)(C)C)cc1. The Morgan fingerprint density at radius 1 is 1.19 bits per heavy atom. The Labute approximate surface area is 129 Å². The van der Waals surface area contributed by atoms with Gasteiger partial charge in [-0.25, -0.2) is 0 Å². The molecular weight excluding hydrogens is 260 g/mol. The van der Waals surface area contributed by atoms with Crippen molar-refractivity contribution in [2.24, 2.45) is 11.7 Å². The number of carbonyl (C=O) groups excluding carboxylic acids is 1. The highest BCUT2D eigenvalue weighted by atomic mass is 16.2. The summed E-state index contributed by atoms with van der Waals surface area (Å²) in [6.45, 7) is 11.4. The fraction of sp³-hybridized carbons (Fsp3) is 0.611. The zero-order chi connectivity index (χ0) is 16.2. The summed E-state index contributed by atoms with van der Waals surface area (Å²) in [6.07, 6.45) is 0.728. The number of nitrogens with two attached hydrogens (primary N) is 1. The van der Waals surface area contributed by atoms with Crippen molar-refractivity contribution >= 4 is 5.91 Å². The smallest absolute Gasteiger partial charge is 0.239 e. The lowest BCUT2D eigenvalue weighted by Gasteiger charge is -2.23. The molecule has 0 aromatic heterocycles. The number of hydrogen-bond donors (Lipinski definition) is 1. The molecule has 0 spiro atoms. The molecule has 0 heterocycles. The molecule has 1 rings (SSSR count). The summed E-state index contributed by atoms with van der Waals surface area (Å²) in [6, 6.07) is 8.07. The highest BCUT2D eigenvalue weighted by Gasteiger charge is 2.19. The van der Waals surface area contributed by atoms with Crippen LogP contribution in [-0.2, 0) is 16.8 Å². The zero-order valence-electron chi connectivity index (χ0n) is 14.3. The Hall–Kier alpha value is -1.35. The van der Waals surface area contributed by atoms with Gasteiger partial charge in [-0.2, -0.15) is 0 Å². The first-order chi connectivity index (χ1) is 9.61. The second kappa shape index (κ2) is 7.08. The molecule has 1 aromatic rings. The average molecular weight is 290 g/mol. The largest absolute Gasteiger partial charge is 0.340 e. The number of carbonyl (C=O) groups is 1. The Kier molecular flexibility index (Phi) is 5.97. The molecular formula is C18H30N2O. The summed E-state index contributed by atoms with van der Waals surface area (Å²) >= 11 is 0. The van der Waals surface area contributed by atoms with Gasteiger partial charge in [0.25, 0.3) is 0 Å². The molecule has 2 N–H and O–H groups in total. The van der Waals surface area contributed by atoms with Gasteiger partial charge in [0.1, 0.15) is 0 Å². The summed E-state index contributed by atoms with van der Waals surface area (Å²) in [5, 5.41) is 0. The molecule has 1 atom stereocenters. The van der Waals surface area contributed by atoms with Crippen LogP contribution in [0.1, 0.15) is 52.2 Å². The molecule has 0 saturated heterocycles. The van der Waals surface area contributed by atoms with Crippen molar-refractivity contribution in [3.63, 3.8) is 0 Å². The van der Waals surface area contributed by atoms with Gasteiger partial charge in [0.2, 0.25) is 5.91 Å². The van der Waals surface area contributed by atoms with Crippen LogP contribution in [-0.4, -0.2) is 23.9 Å². The lowest BCUT2D eigenvalue weighted by molar-refractivity contribution is -0.132. The van der Waals surface area contributed by atoms with E-state index in [2.05, 4.69) is 58.9 Å². The molecule has 0 fully saturated rings. The highest BCUT2D eigenvalue weighted by Crippen LogP contribution is 2.22. The van der Waals surface area contributed by atoms with Gasteiger partial charge in [0, 0.05) is 13.6 Å². The van der Waals surface area contributed by atoms with Crippen molar-refractivity contribution in [3.05, 3.63) is 35.4 Å². The highest BCUT2D eigenvalue weighted by molar-refractivity contribution is 5.81. The van der Waals surface area contributed by atoms with E-state index in [-0.39, 0.29) is 11.3 Å². The van der Waals surface area contributed by atoms with Crippen molar-refractivity contribution in [3.8, 4) is 0 Å². The minimum atomic E-state index is -0.399. The van der Waals surface area contributed by atoms with Gasteiger partial charge in [0.15, 0.2) is 0 Å². The number of likely N-dealkylation sites (N-methyl/N-ethyl adjacent to an activating group) is 1. The van der Waals surface area contributed by atoms with Gasteiger partial charge in [-0.1, -0.05) is 58.9 Å². The minimum absolute atomic E-state index is 0.0172. The molecule has 0 bridgehead atoms. The van der Waals surface area contributed by atoms with Gasteiger partial charge in [0.05, 0.1) is 6.04 Å². The molecule has 0 unspecified atom stereocenters. The van der Waals surface area contributed by atoms with Crippen LogP contribution in [0.5, 0.6) is 0 Å². The van der Waals surface area contributed by atoms with Crippen LogP contribution >= 0.6 is 0 Å². The summed E-state index contributed by atoms with van der Waals surface area (Å²) in [7, 11) is 1.82. The molecule has 21 heavy (non-hydrogen) atoms. The van der Waals surface area contributed by atoms with Crippen molar-refractivity contribution in [2.45, 2.75) is 59.0 Å². The van der Waals surface area contributed by atoms with E-state index in [9.17, 15) is 4.79 Å². The van der Waals surface area contributed by atoms with E-state index >= 15 is 0 Å². The summed E-state index contributed by atoms with van der Waals surface area (Å²) in [4.78, 5) is 13.9. The molecule has 1 aromatic carbocycles. The summed E-state index contributed by atoms with van der Waals surface area (Å²) < 4.78 is 0. The standard InChI is InChI=1S/C18H30N2O/c1-13(2)11-16(19)17(21)20(6)12-14-7-9-15(10-8-14)18(3,4)5/h7-10,13,16H,11-12,19H2,1-6H3/t16-/m0/s1. The van der Waals surface area contributed by atoms with Gasteiger partial charge in [-0.3, -0.25) is 4.79 Å². The van der Waals surface area contributed by atoms with Crippen molar-refractivity contribution in [2.75, 3.05) is 7.05 Å². The molecule has 0 aliphatic rings. The maximum Gasteiger partial charge on any atom is 0.239 e. The van der Waals surface area contributed by atoms with Crippen LogP contribution < -0.4 is 5.73 Å². The molecule has 118 valence electrons. The van der Waals surface area contributed by atoms with Crippen LogP contribution in [0.3, 0.4) is 0 Å². The average Bonchev–Trinajstić information content (AvgIpc) is 2.36. The third-order valence-corrected chi connectivity index (χ3v) is 3.66. The van der Waals surface area contributed by atoms with Gasteiger partial charge in [-0.15, -0.1) is 0 Å². The molecule has 0 aliphatic carbocycles. The van der Waals surface area contributed by atoms with Gasteiger partial charge >= 0.3 is 0 Å². The van der Waals surface area contributed by atoms with Crippen LogP contribution in [0, 0.1) is 5.92 Å². The third kappa shape index (κ3) is 5.50. The van der Waals surface area contributed by atoms with Crippen molar-refractivity contribution in [1.82, 2.24) is 4.90 Å². The second-order valence-electron chi connectivity index (χ2n) is 7.38. The summed E-state index contributed by atoms with van der Waals surface area (Å²) in [5.41, 5.74) is 8.55. The van der Waals surface area contributed by atoms with Crippen LogP contribution in [0.15, 0.2) is 24.3 Å². The lowest BCUT2D eigenvalue weighted by Crippen LogP contribution is -2.42. The fourth-order valence-corrected chi connectivity index (χ4v) is 2.35. The first kappa shape index (κ1) is 17.7. The Morgan fingerprint density at radius 3 is 2.14 bits per heavy atom. The maximum atomic E-state index is 12.2. The number of rotatable bonds is 5.